The molecular formula is C14H10BrNO5. The van der Waals surface area contributed by atoms with Gasteiger partial charge in [-0.05, 0) is 34.1 Å². The Balaban J connectivity index is 2.46. The molecule has 7 heteroatoms. The first-order chi connectivity index (χ1) is 10.0. The SMILES string of the molecule is COC(=O)c1ccc([N+](=O)[O-])c(Oc2ccccc2Br)c1. The van der Waals surface area contributed by atoms with Crippen LogP contribution >= 0.6 is 15.9 Å². The van der Waals surface area contributed by atoms with Crippen LogP contribution < -0.4 is 4.74 Å². The molecule has 0 amide bonds. The number of ether oxygens (including phenoxy) is 2. The highest BCUT2D eigenvalue weighted by atomic mass is 79.9. The number of nitro groups is 1. The van der Waals surface area contributed by atoms with E-state index < -0.39 is 10.9 Å². The largest absolute Gasteiger partial charge is 0.465 e. The zero-order valence-corrected chi connectivity index (χ0v) is 12.5. The van der Waals surface area contributed by atoms with Crippen LogP contribution in [0.5, 0.6) is 11.5 Å². The Bertz CT molecular complexity index is 702. The van der Waals surface area contributed by atoms with Crippen LogP contribution in [0.1, 0.15) is 10.4 Å². The van der Waals surface area contributed by atoms with Gasteiger partial charge in [0.25, 0.3) is 0 Å². The summed E-state index contributed by atoms with van der Waals surface area (Å²) in [5, 5.41) is 11.0. The van der Waals surface area contributed by atoms with Crippen molar-refractivity contribution >= 4 is 27.6 Å². The number of esters is 1. The summed E-state index contributed by atoms with van der Waals surface area (Å²) < 4.78 is 10.8. The number of hydrogen-bond acceptors (Lipinski definition) is 5. The monoisotopic (exact) mass is 351 g/mol. The number of nitrogens with zero attached hydrogens (tertiary/aromatic N) is 1. The number of rotatable bonds is 4. The molecule has 0 saturated carbocycles. The van der Waals surface area contributed by atoms with Crippen molar-refractivity contribution < 1.29 is 19.2 Å². The number of halogens is 1. The number of benzene rings is 2. The van der Waals surface area contributed by atoms with E-state index in [1.54, 1.807) is 24.3 Å². The van der Waals surface area contributed by atoms with E-state index in [0.717, 1.165) is 0 Å². The van der Waals surface area contributed by atoms with Crippen molar-refractivity contribution in [3.63, 3.8) is 0 Å². The Morgan fingerprint density at radius 3 is 2.52 bits per heavy atom. The van der Waals surface area contributed by atoms with Crippen molar-refractivity contribution in [2.45, 2.75) is 0 Å². The number of para-hydroxylation sites is 1. The maximum atomic E-state index is 11.5. The molecule has 6 nitrogen and oxygen atoms in total. The fourth-order valence-corrected chi connectivity index (χ4v) is 2.00. The molecule has 21 heavy (non-hydrogen) atoms. The minimum absolute atomic E-state index is 0.0326. The molecule has 0 fully saturated rings. The topological polar surface area (TPSA) is 78.7 Å². The highest BCUT2D eigenvalue weighted by Gasteiger charge is 2.19. The third-order valence-corrected chi connectivity index (χ3v) is 3.29. The first-order valence-corrected chi connectivity index (χ1v) is 6.61. The third kappa shape index (κ3) is 3.38. The van der Waals surface area contributed by atoms with E-state index in [9.17, 15) is 14.9 Å². The lowest BCUT2D eigenvalue weighted by molar-refractivity contribution is -0.385. The van der Waals surface area contributed by atoms with Gasteiger partial charge in [-0.15, -0.1) is 0 Å². The maximum absolute atomic E-state index is 11.5. The summed E-state index contributed by atoms with van der Waals surface area (Å²) in [5.74, 6) is -0.223. The summed E-state index contributed by atoms with van der Waals surface area (Å²) in [4.78, 5) is 22.0. The molecule has 0 radical (unpaired) electrons. The van der Waals surface area contributed by atoms with Crippen molar-refractivity contribution in [2.75, 3.05) is 7.11 Å². The van der Waals surface area contributed by atoms with Gasteiger partial charge >= 0.3 is 11.7 Å². The smallest absolute Gasteiger partial charge is 0.337 e. The van der Waals surface area contributed by atoms with Crippen molar-refractivity contribution in [1.82, 2.24) is 0 Å². The van der Waals surface area contributed by atoms with Gasteiger partial charge in [-0.3, -0.25) is 10.1 Å². The van der Waals surface area contributed by atoms with E-state index in [-0.39, 0.29) is 17.0 Å². The molecule has 0 N–H and O–H groups in total. The summed E-state index contributed by atoms with van der Waals surface area (Å²) in [6.07, 6.45) is 0. The van der Waals surface area contributed by atoms with Crippen molar-refractivity contribution in [3.05, 3.63) is 62.6 Å². The van der Waals surface area contributed by atoms with Crippen molar-refractivity contribution in [3.8, 4) is 11.5 Å². The number of methoxy groups -OCH3 is 1. The Hall–Kier alpha value is -2.41. The molecule has 0 saturated heterocycles. The lowest BCUT2D eigenvalue weighted by atomic mass is 10.2. The molecule has 2 aromatic carbocycles. The van der Waals surface area contributed by atoms with E-state index in [2.05, 4.69) is 20.7 Å². The predicted molar refractivity (Wildman–Crippen MR) is 78.7 cm³/mol. The average molecular weight is 352 g/mol. The zero-order chi connectivity index (χ0) is 15.4. The Kier molecular flexibility index (Phi) is 4.54. The second-order valence-corrected chi connectivity index (χ2v) is 4.82. The molecule has 2 rings (SSSR count). The highest BCUT2D eigenvalue weighted by Crippen LogP contribution is 2.35. The lowest BCUT2D eigenvalue weighted by Crippen LogP contribution is -2.02. The number of nitro benzene ring substituents is 1. The fraction of sp³-hybridized carbons (Fsp3) is 0.0714. The summed E-state index contributed by atoms with van der Waals surface area (Å²) in [6, 6.07) is 10.7. The molecule has 0 aromatic heterocycles. The number of hydrogen-bond donors (Lipinski definition) is 0. The van der Waals surface area contributed by atoms with Crippen molar-refractivity contribution in [1.29, 1.82) is 0 Å². The van der Waals surface area contributed by atoms with Crippen LogP contribution in [0.3, 0.4) is 0 Å². The Morgan fingerprint density at radius 1 is 1.19 bits per heavy atom. The standard InChI is InChI=1S/C14H10BrNO5/c1-20-14(17)9-6-7-11(16(18)19)13(8-9)21-12-5-3-2-4-10(12)15/h2-8H,1H3. The van der Waals surface area contributed by atoms with E-state index in [0.29, 0.717) is 10.2 Å². The summed E-state index contributed by atoms with van der Waals surface area (Å²) in [6.45, 7) is 0. The number of carbonyl (C=O) groups is 1. The highest BCUT2D eigenvalue weighted by molar-refractivity contribution is 9.10. The Labute approximate surface area is 128 Å². The molecule has 0 aliphatic carbocycles. The van der Waals surface area contributed by atoms with Crippen LogP contribution in [0.4, 0.5) is 5.69 Å². The van der Waals surface area contributed by atoms with E-state index in [4.69, 9.17) is 4.74 Å². The van der Waals surface area contributed by atoms with Gasteiger partial charge in [0, 0.05) is 12.1 Å². The van der Waals surface area contributed by atoms with Gasteiger partial charge in [0.05, 0.1) is 22.1 Å². The molecule has 0 aliphatic rings. The van der Waals surface area contributed by atoms with E-state index in [1.165, 1.54) is 25.3 Å². The molecule has 0 atom stereocenters. The van der Waals surface area contributed by atoms with Crippen LogP contribution in [0.25, 0.3) is 0 Å². The van der Waals surface area contributed by atoms with E-state index >= 15 is 0 Å². The van der Waals surface area contributed by atoms with Crippen LogP contribution in [-0.2, 0) is 4.74 Å². The summed E-state index contributed by atoms with van der Waals surface area (Å²) in [5.41, 5.74) is -0.0661. The predicted octanol–water partition coefficient (Wildman–Crippen LogP) is 3.94. The van der Waals surface area contributed by atoms with Gasteiger partial charge < -0.3 is 9.47 Å². The van der Waals surface area contributed by atoms with Crippen LogP contribution in [-0.4, -0.2) is 18.0 Å². The molecule has 2 aromatic rings. The molecule has 0 spiro atoms. The minimum atomic E-state index is -0.595. The second kappa shape index (κ2) is 6.36. The maximum Gasteiger partial charge on any atom is 0.337 e. The first kappa shape index (κ1) is 15.0. The molecular weight excluding hydrogens is 342 g/mol. The first-order valence-electron chi connectivity index (χ1n) is 5.82. The average Bonchev–Trinajstić information content (AvgIpc) is 2.48. The van der Waals surface area contributed by atoms with Gasteiger partial charge in [-0.2, -0.15) is 0 Å². The number of carbonyl (C=O) groups excluding carboxylic acids is 1. The quantitative estimate of drug-likeness (QED) is 0.473. The second-order valence-electron chi connectivity index (χ2n) is 3.96. The third-order valence-electron chi connectivity index (χ3n) is 2.63. The van der Waals surface area contributed by atoms with Crippen molar-refractivity contribution in [2.24, 2.45) is 0 Å². The van der Waals surface area contributed by atoms with Gasteiger partial charge in [-0.1, -0.05) is 12.1 Å². The van der Waals surface area contributed by atoms with E-state index in [1.807, 2.05) is 0 Å². The van der Waals surface area contributed by atoms with Gasteiger partial charge in [0.2, 0.25) is 5.75 Å². The zero-order valence-electron chi connectivity index (χ0n) is 10.9. The van der Waals surface area contributed by atoms with Crippen LogP contribution in [0, 0.1) is 10.1 Å². The molecule has 0 bridgehead atoms. The molecule has 108 valence electrons. The van der Waals surface area contributed by atoms with Gasteiger partial charge in [-0.25, -0.2) is 4.79 Å². The van der Waals surface area contributed by atoms with Crippen LogP contribution in [0.2, 0.25) is 0 Å². The normalized spacial score (nSPS) is 10.0. The van der Waals surface area contributed by atoms with Crippen LogP contribution in [0.15, 0.2) is 46.9 Å². The Morgan fingerprint density at radius 2 is 1.90 bits per heavy atom. The molecule has 0 heterocycles. The fourth-order valence-electron chi connectivity index (χ4n) is 1.64. The lowest BCUT2D eigenvalue weighted by Gasteiger charge is -2.09. The minimum Gasteiger partial charge on any atom is -0.465 e. The van der Waals surface area contributed by atoms with Gasteiger partial charge in [0.15, 0.2) is 0 Å². The molecule has 0 aliphatic heterocycles. The van der Waals surface area contributed by atoms with Gasteiger partial charge in [0.1, 0.15) is 5.75 Å². The summed E-state index contributed by atoms with van der Waals surface area (Å²) >= 11 is 3.29. The summed E-state index contributed by atoms with van der Waals surface area (Å²) in [7, 11) is 1.23. The molecule has 0 unspecified atom stereocenters.